The van der Waals surface area contributed by atoms with Gasteiger partial charge in [-0.05, 0) is 48.1 Å². The van der Waals surface area contributed by atoms with Crippen LogP contribution in [0.15, 0.2) is 0 Å². The molecule has 2 fully saturated rings. The Bertz CT molecular complexity index is 486. The predicted octanol–water partition coefficient (Wildman–Crippen LogP) is 1.48. The maximum atomic E-state index is 12.5. The van der Waals surface area contributed by atoms with Crippen LogP contribution in [-0.2, 0) is 17.8 Å². The Labute approximate surface area is 126 Å². The van der Waals surface area contributed by atoms with Gasteiger partial charge in [0, 0.05) is 19.8 Å². The molecule has 0 aromatic carbocycles. The largest absolute Gasteiger partial charge is 0.408 e. The second-order valence-corrected chi connectivity index (χ2v) is 6.10. The molecule has 1 atom stereocenters. The van der Waals surface area contributed by atoms with E-state index < -0.39 is 12.7 Å². The highest BCUT2D eigenvalue weighted by Gasteiger charge is 2.33. The molecule has 6 nitrogen and oxygen atoms in total. The minimum atomic E-state index is -4.31. The molecule has 0 aliphatic carbocycles. The monoisotopic (exact) mass is 319 g/mol. The van der Waals surface area contributed by atoms with Crippen molar-refractivity contribution in [1.82, 2.24) is 25.1 Å². The summed E-state index contributed by atoms with van der Waals surface area (Å²) in [6.07, 6.45) is -1.04. The molecule has 0 bridgehead atoms. The van der Waals surface area contributed by atoms with Crippen molar-refractivity contribution in [3.05, 3.63) is 5.82 Å². The molecular formula is C13H20F3N5O. The Morgan fingerprint density at radius 2 is 1.91 bits per heavy atom. The summed E-state index contributed by atoms with van der Waals surface area (Å²) in [6, 6.07) is 0. The van der Waals surface area contributed by atoms with Crippen LogP contribution >= 0.6 is 0 Å². The molecule has 1 aromatic heterocycles. The van der Waals surface area contributed by atoms with Crippen LogP contribution in [0.25, 0.3) is 0 Å². The van der Waals surface area contributed by atoms with Gasteiger partial charge in [0.2, 0.25) is 0 Å². The molecule has 0 unspecified atom stereocenters. The zero-order valence-corrected chi connectivity index (χ0v) is 12.3. The molecule has 0 radical (unpaired) electrons. The summed E-state index contributed by atoms with van der Waals surface area (Å²) in [6.45, 7) is 2.69. The van der Waals surface area contributed by atoms with Crippen LogP contribution in [0.5, 0.6) is 0 Å². The van der Waals surface area contributed by atoms with Gasteiger partial charge in [-0.1, -0.05) is 0 Å². The molecule has 2 aliphatic heterocycles. The average Bonchev–Trinajstić information content (AvgIpc) is 3.09. The Kier molecular flexibility index (Phi) is 4.62. The lowest BCUT2D eigenvalue weighted by atomic mass is 9.85. The van der Waals surface area contributed by atoms with E-state index in [4.69, 9.17) is 4.74 Å². The molecule has 0 saturated carbocycles. The van der Waals surface area contributed by atoms with Crippen LogP contribution in [0.2, 0.25) is 0 Å². The molecule has 2 aliphatic rings. The number of tetrazole rings is 1. The van der Waals surface area contributed by atoms with E-state index in [1.807, 2.05) is 0 Å². The molecule has 3 rings (SSSR count). The second-order valence-electron chi connectivity index (χ2n) is 6.10. The highest BCUT2D eigenvalue weighted by Crippen LogP contribution is 2.31. The van der Waals surface area contributed by atoms with Crippen molar-refractivity contribution in [1.29, 1.82) is 0 Å². The standard InChI is InChI=1S/C13H20F3N5O/c14-13(15,16)9-21-12(17-18-19-21)8-20-4-1-11(7-20)10-2-5-22-6-3-10/h10-11H,1-9H2/t11-/m0/s1. The van der Waals surface area contributed by atoms with Crippen molar-refractivity contribution in [3.63, 3.8) is 0 Å². The Morgan fingerprint density at radius 3 is 2.64 bits per heavy atom. The summed E-state index contributed by atoms with van der Waals surface area (Å²) in [5.74, 6) is 1.56. The first-order valence-corrected chi connectivity index (χ1v) is 7.63. The van der Waals surface area contributed by atoms with Crippen molar-refractivity contribution >= 4 is 0 Å². The Morgan fingerprint density at radius 1 is 1.14 bits per heavy atom. The summed E-state index contributed by atoms with van der Waals surface area (Å²) >= 11 is 0. The highest BCUT2D eigenvalue weighted by atomic mass is 19.4. The number of alkyl halides is 3. The van der Waals surface area contributed by atoms with Gasteiger partial charge in [0.05, 0.1) is 6.54 Å². The van der Waals surface area contributed by atoms with E-state index in [0.717, 1.165) is 50.2 Å². The van der Waals surface area contributed by atoms with Crippen molar-refractivity contribution in [2.75, 3.05) is 26.3 Å². The van der Waals surface area contributed by atoms with E-state index in [1.54, 1.807) is 0 Å². The maximum absolute atomic E-state index is 12.5. The third kappa shape index (κ3) is 3.95. The van der Waals surface area contributed by atoms with Crippen LogP contribution < -0.4 is 0 Å². The molecular weight excluding hydrogens is 299 g/mol. The molecule has 0 N–H and O–H groups in total. The lowest BCUT2D eigenvalue weighted by molar-refractivity contribution is -0.143. The molecule has 9 heteroatoms. The number of ether oxygens (including phenoxy) is 1. The van der Waals surface area contributed by atoms with E-state index >= 15 is 0 Å². The van der Waals surface area contributed by atoms with Gasteiger partial charge in [0.1, 0.15) is 6.54 Å². The minimum Gasteiger partial charge on any atom is -0.381 e. The van der Waals surface area contributed by atoms with Gasteiger partial charge in [-0.2, -0.15) is 13.2 Å². The fourth-order valence-corrected chi connectivity index (χ4v) is 3.41. The van der Waals surface area contributed by atoms with Crippen LogP contribution in [0.4, 0.5) is 13.2 Å². The number of aromatic nitrogens is 4. The third-order valence-electron chi connectivity index (χ3n) is 4.54. The van der Waals surface area contributed by atoms with Crippen LogP contribution in [0, 0.1) is 11.8 Å². The fourth-order valence-electron chi connectivity index (χ4n) is 3.41. The SMILES string of the molecule is FC(F)(F)Cn1nnnc1CN1CC[C@H](C2CCOCC2)C1. The smallest absolute Gasteiger partial charge is 0.381 e. The first-order valence-electron chi connectivity index (χ1n) is 7.63. The average molecular weight is 319 g/mol. The van der Waals surface area contributed by atoms with Crippen molar-refractivity contribution in [2.45, 2.75) is 38.5 Å². The topological polar surface area (TPSA) is 56.1 Å². The van der Waals surface area contributed by atoms with Gasteiger partial charge in [0.25, 0.3) is 0 Å². The van der Waals surface area contributed by atoms with E-state index in [2.05, 4.69) is 20.4 Å². The molecule has 2 saturated heterocycles. The fraction of sp³-hybridized carbons (Fsp3) is 0.923. The minimum absolute atomic E-state index is 0.282. The maximum Gasteiger partial charge on any atom is 0.408 e. The lowest BCUT2D eigenvalue weighted by Gasteiger charge is -2.27. The molecule has 22 heavy (non-hydrogen) atoms. The second kappa shape index (κ2) is 6.49. The number of hydrogen-bond donors (Lipinski definition) is 0. The first-order chi connectivity index (χ1) is 10.5. The summed E-state index contributed by atoms with van der Waals surface area (Å²) in [5, 5.41) is 10.6. The number of likely N-dealkylation sites (tertiary alicyclic amines) is 1. The third-order valence-corrected chi connectivity index (χ3v) is 4.54. The summed E-state index contributed by atoms with van der Waals surface area (Å²) in [7, 11) is 0. The first kappa shape index (κ1) is 15.7. The number of hydrogen-bond acceptors (Lipinski definition) is 5. The molecule has 1 aromatic rings. The molecule has 0 spiro atoms. The van der Waals surface area contributed by atoms with Crippen molar-refractivity contribution < 1.29 is 17.9 Å². The van der Waals surface area contributed by atoms with Gasteiger partial charge in [0.15, 0.2) is 5.82 Å². The van der Waals surface area contributed by atoms with Crippen LogP contribution in [0.1, 0.15) is 25.1 Å². The summed E-state index contributed by atoms with van der Waals surface area (Å²) < 4.78 is 43.7. The quantitative estimate of drug-likeness (QED) is 0.841. The van der Waals surface area contributed by atoms with E-state index in [0.29, 0.717) is 18.4 Å². The zero-order valence-electron chi connectivity index (χ0n) is 12.3. The number of halogens is 3. The van der Waals surface area contributed by atoms with E-state index in [-0.39, 0.29) is 5.82 Å². The van der Waals surface area contributed by atoms with Gasteiger partial charge < -0.3 is 4.74 Å². The summed E-state index contributed by atoms with van der Waals surface area (Å²) in [5.41, 5.74) is 0. The highest BCUT2D eigenvalue weighted by molar-refractivity contribution is 4.88. The molecule has 124 valence electrons. The Balaban J connectivity index is 1.55. The molecule has 0 amide bonds. The van der Waals surface area contributed by atoms with Gasteiger partial charge in [-0.3, -0.25) is 4.90 Å². The Hall–Kier alpha value is -1.22. The van der Waals surface area contributed by atoms with Gasteiger partial charge >= 0.3 is 6.18 Å². The normalized spacial score (nSPS) is 25.0. The van der Waals surface area contributed by atoms with Crippen molar-refractivity contribution in [2.24, 2.45) is 11.8 Å². The van der Waals surface area contributed by atoms with E-state index in [1.165, 1.54) is 0 Å². The van der Waals surface area contributed by atoms with E-state index in [9.17, 15) is 13.2 Å². The number of nitrogens with zero attached hydrogens (tertiary/aromatic N) is 5. The van der Waals surface area contributed by atoms with Crippen LogP contribution in [0.3, 0.4) is 0 Å². The van der Waals surface area contributed by atoms with Crippen LogP contribution in [-0.4, -0.2) is 57.6 Å². The summed E-state index contributed by atoms with van der Waals surface area (Å²) in [4.78, 5) is 2.15. The van der Waals surface area contributed by atoms with Gasteiger partial charge in [-0.25, -0.2) is 4.68 Å². The van der Waals surface area contributed by atoms with Gasteiger partial charge in [-0.15, -0.1) is 5.10 Å². The zero-order chi connectivity index (χ0) is 15.6. The lowest BCUT2D eigenvalue weighted by Crippen LogP contribution is -2.28. The van der Waals surface area contributed by atoms with Crippen molar-refractivity contribution in [3.8, 4) is 0 Å². The number of rotatable bonds is 4. The molecule has 3 heterocycles. The predicted molar refractivity (Wildman–Crippen MR) is 70.8 cm³/mol.